The Labute approximate surface area is 153 Å². The summed E-state index contributed by atoms with van der Waals surface area (Å²) in [7, 11) is 0. The van der Waals surface area contributed by atoms with Gasteiger partial charge in [0, 0.05) is 31.9 Å². The van der Waals surface area contributed by atoms with E-state index in [4.69, 9.17) is 4.98 Å². The van der Waals surface area contributed by atoms with Gasteiger partial charge in [0.05, 0.1) is 17.1 Å². The Bertz CT molecular complexity index is 925. The van der Waals surface area contributed by atoms with Crippen LogP contribution in [-0.2, 0) is 11.3 Å². The average Bonchev–Trinajstić information content (AvgIpc) is 3.33. The molecule has 1 fully saturated rings. The molecule has 136 valence electrons. The van der Waals surface area contributed by atoms with E-state index in [2.05, 4.69) is 33.6 Å². The van der Waals surface area contributed by atoms with Crippen molar-refractivity contribution in [1.29, 1.82) is 0 Å². The van der Waals surface area contributed by atoms with E-state index >= 15 is 0 Å². The number of imidazole rings is 2. The summed E-state index contributed by atoms with van der Waals surface area (Å²) in [4.78, 5) is 27.2. The van der Waals surface area contributed by atoms with Gasteiger partial charge in [-0.15, -0.1) is 0 Å². The van der Waals surface area contributed by atoms with Gasteiger partial charge >= 0.3 is 0 Å². The number of hydrogen-bond acceptors (Lipinski definition) is 3. The molecule has 1 atom stereocenters. The summed E-state index contributed by atoms with van der Waals surface area (Å²) in [5, 5.41) is 0. The summed E-state index contributed by atoms with van der Waals surface area (Å²) in [6.45, 7) is 5.72. The Morgan fingerprint density at radius 1 is 1.35 bits per heavy atom. The van der Waals surface area contributed by atoms with E-state index in [1.165, 1.54) is 5.56 Å². The SMILES string of the molecule is Cc1ccc2nc(C3CCCN3C(=O)CCCn3ccnc3C)[nH]c2c1. The van der Waals surface area contributed by atoms with E-state index in [0.29, 0.717) is 6.42 Å². The van der Waals surface area contributed by atoms with Crippen molar-refractivity contribution in [2.24, 2.45) is 0 Å². The molecule has 0 radical (unpaired) electrons. The largest absolute Gasteiger partial charge is 0.340 e. The summed E-state index contributed by atoms with van der Waals surface area (Å²) in [6, 6.07) is 6.30. The minimum Gasteiger partial charge on any atom is -0.340 e. The molecule has 2 aromatic heterocycles. The second-order valence-corrected chi connectivity index (χ2v) is 7.16. The summed E-state index contributed by atoms with van der Waals surface area (Å²) in [5.41, 5.74) is 3.23. The van der Waals surface area contributed by atoms with Crippen LogP contribution in [0.25, 0.3) is 11.0 Å². The highest BCUT2D eigenvalue weighted by Crippen LogP contribution is 2.32. The Balaban J connectivity index is 1.43. The number of carbonyl (C=O) groups excluding carboxylic acids is 1. The van der Waals surface area contributed by atoms with Crippen LogP contribution < -0.4 is 0 Å². The van der Waals surface area contributed by atoms with Crippen molar-refractivity contribution in [3.05, 3.63) is 47.8 Å². The summed E-state index contributed by atoms with van der Waals surface area (Å²) in [6.07, 6.45) is 7.18. The Morgan fingerprint density at radius 3 is 3.04 bits per heavy atom. The van der Waals surface area contributed by atoms with E-state index in [1.807, 2.05) is 24.1 Å². The topological polar surface area (TPSA) is 66.8 Å². The van der Waals surface area contributed by atoms with Crippen molar-refractivity contribution in [2.75, 3.05) is 6.54 Å². The molecule has 6 heteroatoms. The van der Waals surface area contributed by atoms with Gasteiger partial charge in [0.2, 0.25) is 5.91 Å². The second-order valence-electron chi connectivity index (χ2n) is 7.16. The van der Waals surface area contributed by atoms with Gasteiger partial charge in [-0.1, -0.05) is 6.07 Å². The number of aromatic amines is 1. The number of nitrogens with one attached hydrogen (secondary N) is 1. The van der Waals surface area contributed by atoms with E-state index in [1.54, 1.807) is 6.20 Å². The monoisotopic (exact) mass is 351 g/mol. The molecule has 1 aliphatic heterocycles. The Kier molecular flexibility index (Phi) is 4.49. The fraction of sp³-hybridized carbons (Fsp3) is 0.450. The maximum absolute atomic E-state index is 12.8. The van der Waals surface area contributed by atoms with Gasteiger partial charge in [0.25, 0.3) is 0 Å². The number of amides is 1. The first-order chi connectivity index (χ1) is 12.6. The van der Waals surface area contributed by atoms with Gasteiger partial charge in [0.1, 0.15) is 11.6 Å². The molecule has 1 saturated heterocycles. The van der Waals surface area contributed by atoms with Crippen LogP contribution in [0.5, 0.6) is 0 Å². The first-order valence-electron chi connectivity index (χ1n) is 9.35. The molecule has 0 bridgehead atoms. The lowest BCUT2D eigenvalue weighted by Crippen LogP contribution is -2.31. The van der Waals surface area contributed by atoms with E-state index in [-0.39, 0.29) is 11.9 Å². The zero-order valence-electron chi connectivity index (χ0n) is 15.4. The number of aromatic nitrogens is 4. The van der Waals surface area contributed by atoms with Gasteiger partial charge in [-0.05, 0) is 50.8 Å². The highest BCUT2D eigenvalue weighted by molar-refractivity contribution is 5.78. The number of carbonyl (C=O) groups is 1. The lowest BCUT2D eigenvalue weighted by atomic mass is 10.2. The number of fused-ring (bicyclic) bond motifs is 1. The van der Waals surface area contributed by atoms with Gasteiger partial charge in [0.15, 0.2) is 0 Å². The van der Waals surface area contributed by atoms with Gasteiger partial charge < -0.3 is 14.5 Å². The van der Waals surface area contributed by atoms with Gasteiger partial charge in [-0.3, -0.25) is 4.79 Å². The number of nitrogens with zero attached hydrogens (tertiary/aromatic N) is 4. The van der Waals surface area contributed by atoms with Crippen LogP contribution in [0, 0.1) is 13.8 Å². The minimum absolute atomic E-state index is 0.0742. The average molecular weight is 351 g/mol. The number of H-pyrrole nitrogens is 1. The first-order valence-corrected chi connectivity index (χ1v) is 9.35. The van der Waals surface area contributed by atoms with Crippen LogP contribution in [0.3, 0.4) is 0 Å². The van der Waals surface area contributed by atoms with Crippen molar-refractivity contribution < 1.29 is 4.79 Å². The third-order valence-electron chi connectivity index (χ3n) is 5.26. The quantitative estimate of drug-likeness (QED) is 0.765. The summed E-state index contributed by atoms with van der Waals surface area (Å²) >= 11 is 0. The van der Waals surface area contributed by atoms with Gasteiger partial charge in [-0.2, -0.15) is 0 Å². The molecule has 1 aliphatic rings. The lowest BCUT2D eigenvalue weighted by Gasteiger charge is -2.23. The van der Waals surface area contributed by atoms with Crippen molar-refractivity contribution in [2.45, 2.75) is 52.1 Å². The maximum Gasteiger partial charge on any atom is 0.223 e. The minimum atomic E-state index is 0.0742. The molecule has 1 N–H and O–H groups in total. The highest BCUT2D eigenvalue weighted by Gasteiger charge is 2.31. The second kappa shape index (κ2) is 6.94. The molecule has 0 saturated carbocycles. The third-order valence-corrected chi connectivity index (χ3v) is 5.26. The molecule has 3 heterocycles. The molecule has 26 heavy (non-hydrogen) atoms. The zero-order valence-corrected chi connectivity index (χ0v) is 15.4. The van der Waals surface area contributed by atoms with Crippen LogP contribution in [0.1, 0.15) is 48.9 Å². The Morgan fingerprint density at radius 2 is 2.23 bits per heavy atom. The predicted octanol–water partition coefficient (Wildman–Crippen LogP) is 3.52. The standard InChI is InChI=1S/C20H25N5O/c1-14-7-8-16-17(13-14)23-20(22-16)18-5-3-11-25(18)19(26)6-4-10-24-12-9-21-15(24)2/h7-9,12-13,18H,3-6,10-11H2,1-2H3,(H,22,23). The lowest BCUT2D eigenvalue weighted by molar-refractivity contribution is -0.132. The van der Waals surface area contributed by atoms with Crippen molar-refractivity contribution in [1.82, 2.24) is 24.4 Å². The van der Waals surface area contributed by atoms with E-state index in [0.717, 1.165) is 55.0 Å². The molecule has 4 rings (SSSR count). The molecule has 1 unspecified atom stereocenters. The van der Waals surface area contributed by atoms with Crippen LogP contribution in [0.2, 0.25) is 0 Å². The van der Waals surface area contributed by atoms with E-state index in [9.17, 15) is 4.79 Å². The maximum atomic E-state index is 12.8. The number of rotatable bonds is 5. The number of likely N-dealkylation sites (tertiary alicyclic amines) is 1. The smallest absolute Gasteiger partial charge is 0.223 e. The molecule has 1 aromatic carbocycles. The summed E-state index contributed by atoms with van der Waals surface area (Å²) < 4.78 is 2.09. The normalized spacial score (nSPS) is 17.3. The fourth-order valence-corrected chi connectivity index (χ4v) is 3.83. The van der Waals surface area contributed by atoms with Crippen LogP contribution in [0.4, 0.5) is 0 Å². The van der Waals surface area contributed by atoms with Crippen molar-refractivity contribution >= 4 is 16.9 Å². The van der Waals surface area contributed by atoms with E-state index < -0.39 is 0 Å². The molecule has 6 nitrogen and oxygen atoms in total. The first kappa shape index (κ1) is 16.8. The van der Waals surface area contributed by atoms with Crippen LogP contribution in [0.15, 0.2) is 30.6 Å². The number of benzene rings is 1. The predicted molar refractivity (Wildman–Crippen MR) is 101 cm³/mol. The molecule has 0 spiro atoms. The van der Waals surface area contributed by atoms with Crippen molar-refractivity contribution in [3.8, 4) is 0 Å². The Hall–Kier alpha value is -2.63. The summed E-state index contributed by atoms with van der Waals surface area (Å²) in [5.74, 6) is 2.14. The highest BCUT2D eigenvalue weighted by atomic mass is 16.2. The molecular weight excluding hydrogens is 326 g/mol. The molecule has 1 amide bonds. The van der Waals surface area contributed by atoms with Crippen molar-refractivity contribution in [3.63, 3.8) is 0 Å². The number of aryl methyl sites for hydroxylation is 3. The zero-order chi connectivity index (χ0) is 18.1. The number of hydrogen-bond donors (Lipinski definition) is 1. The third kappa shape index (κ3) is 3.23. The van der Waals surface area contributed by atoms with Crippen LogP contribution in [-0.4, -0.2) is 36.9 Å². The molecule has 0 aliphatic carbocycles. The van der Waals surface area contributed by atoms with Crippen LogP contribution >= 0.6 is 0 Å². The molecular formula is C20H25N5O. The fourth-order valence-electron chi connectivity index (χ4n) is 3.83. The molecule has 3 aromatic rings. The van der Waals surface area contributed by atoms with Gasteiger partial charge in [-0.25, -0.2) is 9.97 Å².